The lowest BCUT2D eigenvalue weighted by atomic mass is 9.98. The summed E-state index contributed by atoms with van der Waals surface area (Å²) in [6.07, 6.45) is -6.11. The second-order valence-electron chi connectivity index (χ2n) is 6.64. The van der Waals surface area contributed by atoms with Crippen molar-refractivity contribution in [2.24, 2.45) is 0 Å². The Morgan fingerprint density at radius 3 is 1.84 bits per heavy atom. The van der Waals surface area contributed by atoms with Crippen molar-refractivity contribution in [3.8, 4) is 5.75 Å². The van der Waals surface area contributed by atoms with Crippen LogP contribution in [0.25, 0.3) is 0 Å². The van der Waals surface area contributed by atoms with Crippen LogP contribution in [0.2, 0.25) is 0 Å². The van der Waals surface area contributed by atoms with E-state index in [1.165, 1.54) is 6.92 Å². The summed E-state index contributed by atoms with van der Waals surface area (Å²) < 4.78 is 33.5. The molecule has 1 aliphatic heterocycles. The van der Waals surface area contributed by atoms with Gasteiger partial charge in [-0.2, -0.15) is 0 Å². The SMILES string of the molecule is CC(=O)OCC1O[C@H](Oc2ccc(Br)cc2)[C@H](OC(C)=O)C(OC(C)=O)[C@@H]1OC(C)=O. The summed E-state index contributed by atoms with van der Waals surface area (Å²) in [6.45, 7) is 4.34. The minimum atomic E-state index is -1.28. The molecular weight excluding hydrogens is 480 g/mol. The zero-order valence-corrected chi connectivity index (χ0v) is 18.9. The van der Waals surface area contributed by atoms with Gasteiger partial charge in [-0.3, -0.25) is 19.2 Å². The van der Waals surface area contributed by atoms with Gasteiger partial charge in [0.05, 0.1) is 0 Å². The summed E-state index contributed by atoms with van der Waals surface area (Å²) in [6, 6.07) is 6.72. The van der Waals surface area contributed by atoms with Gasteiger partial charge < -0.3 is 28.4 Å². The molecule has 1 fully saturated rings. The van der Waals surface area contributed by atoms with Crippen molar-refractivity contribution in [1.82, 2.24) is 0 Å². The van der Waals surface area contributed by atoms with Gasteiger partial charge in [0.25, 0.3) is 0 Å². The first-order valence-electron chi connectivity index (χ1n) is 9.29. The van der Waals surface area contributed by atoms with E-state index < -0.39 is 54.6 Å². The van der Waals surface area contributed by atoms with Crippen LogP contribution in [-0.4, -0.2) is 61.2 Å². The van der Waals surface area contributed by atoms with Crippen LogP contribution in [0.5, 0.6) is 5.75 Å². The lowest BCUT2D eigenvalue weighted by molar-refractivity contribution is -0.288. The predicted molar refractivity (Wildman–Crippen MR) is 107 cm³/mol. The highest BCUT2D eigenvalue weighted by Crippen LogP contribution is 2.31. The summed E-state index contributed by atoms with van der Waals surface area (Å²) in [4.78, 5) is 46.5. The molecule has 1 saturated heterocycles. The molecule has 1 aromatic rings. The largest absolute Gasteiger partial charge is 0.463 e. The van der Waals surface area contributed by atoms with Gasteiger partial charge in [-0.15, -0.1) is 0 Å². The van der Waals surface area contributed by atoms with Crippen molar-refractivity contribution < 1.29 is 47.6 Å². The Bertz CT molecular complexity index is 809. The maximum atomic E-state index is 11.8. The molecule has 0 N–H and O–H groups in total. The Kier molecular flexibility index (Phi) is 8.81. The molecule has 0 radical (unpaired) electrons. The van der Waals surface area contributed by atoms with Crippen LogP contribution >= 0.6 is 15.9 Å². The molecule has 0 aromatic heterocycles. The van der Waals surface area contributed by atoms with Crippen molar-refractivity contribution in [1.29, 1.82) is 0 Å². The molecule has 0 bridgehead atoms. The molecule has 1 heterocycles. The number of ether oxygens (including phenoxy) is 6. The van der Waals surface area contributed by atoms with E-state index in [0.29, 0.717) is 5.75 Å². The molecule has 2 unspecified atom stereocenters. The molecule has 0 aliphatic carbocycles. The fourth-order valence-corrected chi connectivity index (χ4v) is 3.20. The van der Waals surface area contributed by atoms with Gasteiger partial charge in [0.2, 0.25) is 12.4 Å². The van der Waals surface area contributed by atoms with E-state index in [4.69, 9.17) is 28.4 Å². The van der Waals surface area contributed by atoms with Crippen LogP contribution < -0.4 is 4.74 Å². The molecule has 1 aliphatic rings. The smallest absolute Gasteiger partial charge is 0.303 e. The van der Waals surface area contributed by atoms with Crippen molar-refractivity contribution in [2.45, 2.75) is 58.4 Å². The van der Waals surface area contributed by atoms with E-state index in [1.807, 2.05) is 0 Å². The van der Waals surface area contributed by atoms with Gasteiger partial charge in [-0.05, 0) is 24.3 Å². The van der Waals surface area contributed by atoms with Crippen LogP contribution in [0.3, 0.4) is 0 Å². The molecule has 31 heavy (non-hydrogen) atoms. The first kappa shape index (κ1) is 24.6. The number of esters is 4. The van der Waals surface area contributed by atoms with Crippen molar-refractivity contribution in [2.75, 3.05) is 6.61 Å². The third-order valence-electron chi connectivity index (χ3n) is 4.01. The highest BCUT2D eigenvalue weighted by Gasteiger charge is 2.53. The quantitative estimate of drug-likeness (QED) is 0.403. The van der Waals surface area contributed by atoms with Crippen LogP contribution in [0.15, 0.2) is 28.7 Å². The molecule has 1 aromatic carbocycles. The van der Waals surface area contributed by atoms with Crippen molar-refractivity contribution in [3.05, 3.63) is 28.7 Å². The highest BCUT2D eigenvalue weighted by molar-refractivity contribution is 9.10. The lowest BCUT2D eigenvalue weighted by Crippen LogP contribution is -2.63. The van der Waals surface area contributed by atoms with Crippen LogP contribution in [0.4, 0.5) is 0 Å². The van der Waals surface area contributed by atoms with E-state index in [0.717, 1.165) is 25.2 Å². The zero-order valence-electron chi connectivity index (χ0n) is 17.4. The Hall–Kier alpha value is -2.66. The summed E-state index contributed by atoms with van der Waals surface area (Å²) in [5.74, 6) is -2.34. The Morgan fingerprint density at radius 1 is 0.806 bits per heavy atom. The van der Waals surface area contributed by atoms with E-state index in [-0.39, 0.29) is 6.61 Å². The van der Waals surface area contributed by atoms with Gasteiger partial charge in [0.1, 0.15) is 18.5 Å². The Labute approximate surface area is 187 Å². The monoisotopic (exact) mass is 502 g/mol. The van der Waals surface area contributed by atoms with E-state index >= 15 is 0 Å². The number of hydrogen-bond acceptors (Lipinski definition) is 10. The molecule has 10 nitrogen and oxygen atoms in total. The number of rotatable bonds is 7. The molecule has 170 valence electrons. The van der Waals surface area contributed by atoms with Crippen LogP contribution in [-0.2, 0) is 42.9 Å². The minimum Gasteiger partial charge on any atom is -0.463 e. The normalized spacial score (nSPS) is 25.1. The van der Waals surface area contributed by atoms with Gasteiger partial charge in [0, 0.05) is 32.2 Å². The van der Waals surface area contributed by atoms with Crippen molar-refractivity contribution in [3.63, 3.8) is 0 Å². The van der Waals surface area contributed by atoms with Crippen molar-refractivity contribution >= 4 is 39.8 Å². The molecule has 2 rings (SSSR count). The molecule has 0 saturated carbocycles. The maximum absolute atomic E-state index is 11.8. The van der Waals surface area contributed by atoms with Gasteiger partial charge in [0.15, 0.2) is 12.2 Å². The molecule has 5 atom stereocenters. The summed E-state index contributed by atoms with van der Waals surface area (Å²) >= 11 is 3.32. The number of carbonyl (C=O) groups excluding carboxylic acids is 4. The van der Waals surface area contributed by atoms with Gasteiger partial charge >= 0.3 is 23.9 Å². The molecular formula is C20H23BrO10. The first-order valence-corrected chi connectivity index (χ1v) is 10.1. The van der Waals surface area contributed by atoms with E-state index in [9.17, 15) is 19.2 Å². The lowest BCUT2D eigenvalue weighted by Gasteiger charge is -2.43. The topological polar surface area (TPSA) is 124 Å². The second-order valence-corrected chi connectivity index (χ2v) is 7.56. The maximum Gasteiger partial charge on any atom is 0.303 e. The highest BCUT2D eigenvalue weighted by atomic mass is 79.9. The number of carbonyl (C=O) groups is 4. The molecule has 0 amide bonds. The standard InChI is InChI=1S/C20H23BrO10/c1-10(22)26-9-16-17(27-11(2)23)18(28-12(3)24)19(29-13(4)25)20(31-16)30-15-7-5-14(21)6-8-15/h5-8,16-20H,9H2,1-4H3/t16?,17-,18?,19-,20+/m1/s1. The fourth-order valence-electron chi connectivity index (χ4n) is 2.93. The van der Waals surface area contributed by atoms with Gasteiger partial charge in [-0.25, -0.2) is 0 Å². The van der Waals surface area contributed by atoms with E-state index in [1.54, 1.807) is 24.3 Å². The summed E-state index contributed by atoms with van der Waals surface area (Å²) in [5, 5.41) is 0. The predicted octanol–water partition coefficient (Wildman–Crippen LogP) is 1.91. The number of benzene rings is 1. The fraction of sp³-hybridized carbons (Fsp3) is 0.500. The summed E-state index contributed by atoms with van der Waals surface area (Å²) in [5.41, 5.74) is 0. The second kappa shape index (κ2) is 11.1. The third kappa shape index (κ3) is 7.51. The Morgan fingerprint density at radius 2 is 1.32 bits per heavy atom. The van der Waals surface area contributed by atoms with Gasteiger partial charge in [-0.1, -0.05) is 15.9 Å². The number of hydrogen-bond donors (Lipinski definition) is 0. The Balaban J connectivity index is 2.43. The average Bonchev–Trinajstić information content (AvgIpc) is 2.65. The zero-order chi connectivity index (χ0) is 23.1. The minimum absolute atomic E-state index is 0.321. The first-order chi connectivity index (χ1) is 14.6. The van der Waals surface area contributed by atoms with Crippen LogP contribution in [0.1, 0.15) is 27.7 Å². The summed E-state index contributed by atoms with van der Waals surface area (Å²) in [7, 11) is 0. The molecule has 11 heteroatoms. The van der Waals surface area contributed by atoms with E-state index in [2.05, 4.69) is 15.9 Å². The molecule has 0 spiro atoms. The average molecular weight is 503 g/mol. The van der Waals surface area contributed by atoms with Crippen LogP contribution in [0, 0.1) is 0 Å². The number of halogens is 1. The third-order valence-corrected chi connectivity index (χ3v) is 4.54.